The molecule has 0 saturated carbocycles. The van der Waals surface area contributed by atoms with Gasteiger partial charge in [0.15, 0.2) is 6.61 Å². The highest BCUT2D eigenvalue weighted by Crippen LogP contribution is 2.24. The smallest absolute Gasteiger partial charge is 0.258 e. The highest BCUT2D eigenvalue weighted by atomic mass is 16.5. The second-order valence-electron chi connectivity index (χ2n) is 6.72. The predicted octanol–water partition coefficient (Wildman–Crippen LogP) is 2.96. The molecular formula is C23H21N5O3. The predicted molar refractivity (Wildman–Crippen MR) is 114 cm³/mol. The third kappa shape index (κ3) is 5.05. The van der Waals surface area contributed by atoms with Crippen molar-refractivity contribution in [3.8, 4) is 17.2 Å². The van der Waals surface area contributed by atoms with Gasteiger partial charge in [0, 0.05) is 0 Å². The van der Waals surface area contributed by atoms with Gasteiger partial charge >= 0.3 is 0 Å². The molecule has 1 N–H and O–H groups in total. The molecule has 1 unspecified atom stereocenters. The summed E-state index contributed by atoms with van der Waals surface area (Å²) in [7, 11) is 1.62. The Kier molecular flexibility index (Phi) is 6.18. The molecule has 4 rings (SSSR count). The zero-order chi connectivity index (χ0) is 21.5. The quantitative estimate of drug-likeness (QED) is 0.476. The summed E-state index contributed by atoms with van der Waals surface area (Å²) in [5.74, 6) is 1.11. The van der Waals surface area contributed by atoms with E-state index in [-0.39, 0.29) is 18.6 Å². The van der Waals surface area contributed by atoms with E-state index >= 15 is 0 Å². The fourth-order valence-corrected chi connectivity index (χ4v) is 3.13. The van der Waals surface area contributed by atoms with Crippen LogP contribution < -0.4 is 14.8 Å². The molecule has 0 fully saturated rings. The third-order valence-electron chi connectivity index (χ3n) is 4.71. The first-order valence-corrected chi connectivity index (χ1v) is 9.67. The Morgan fingerprint density at radius 1 is 0.935 bits per heavy atom. The maximum Gasteiger partial charge on any atom is 0.258 e. The van der Waals surface area contributed by atoms with E-state index in [1.807, 2.05) is 66.7 Å². The van der Waals surface area contributed by atoms with E-state index in [1.165, 1.54) is 11.0 Å². The summed E-state index contributed by atoms with van der Waals surface area (Å²) < 4.78 is 12.4. The van der Waals surface area contributed by atoms with E-state index < -0.39 is 0 Å². The zero-order valence-corrected chi connectivity index (χ0v) is 16.9. The molecule has 4 aromatic rings. The van der Waals surface area contributed by atoms with Gasteiger partial charge in [-0.2, -0.15) is 0 Å². The van der Waals surface area contributed by atoms with E-state index in [4.69, 9.17) is 9.47 Å². The number of hydrogen-bond donors (Lipinski definition) is 1. The second kappa shape index (κ2) is 9.53. The summed E-state index contributed by atoms with van der Waals surface area (Å²) in [4.78, 5) is 12.7. The monoisotopic (exact) mass is 415 g/mol. The summed E-state index contributed by atoms with van der Waals surface area (Å²) >= 11 is 0. The van der Waals surface area contributed by atoms with E-state index in [0.29, 0.717) is 5.75 Å². The van der Waals surface area contributed by atoms with Crippen molar-refractivity contribution < 1.29 is 14.3 Å². The maximum absolute atomic E-state index is 12.7. The molecule has 0 spiro atoms. The number of hydrogen-bond acceptors (Lipinski definition) is 6. The van der Waals surface area contributed by atoms with Crippen molar-refractivity contribution in [3.63, 3.8) is 0 Å². The average Bonchev–Trinajstić information content (AvgIpc) is 3.37. The number of amides is 1. The first-order chi connectivity index (χ1) is 15.2. The Morgan fingerprint density at radius 2 is 1.61 bits per heavy atom. The van der Waals surface area contributed by atoms with Crippen LogP contribution in [-0.4, -0.2) is 39.8 Å². The van der Waals surface area contributed by atoms with Crippen LogP contribution in [0, 0.1) is 0 Å². The van der Waals surface area contributed by atoms with Gasteiger partial charge in [-0.05, 0) is 58.0 Å². The molecule has 0 radical (unpaired) electrons. The van der Waals surface area contributed by atoms with Gasteiger partial charge in [-0.15, -0.1) is 5.10 Å². The molecule has 8 nitrogen and oxygen atoms in total. The number of tetrazole rings is 1. The van der Waals surface area contributed by atoms with E-state index in [0.717, 1.165) is 22.6 Å². The van der Waals surface area contributed by atoms with Gasteiger partial charge in [-0.1, -0.05) is 42.5 Å². The minimum atomic E-state index is -0.301. The minimum Gasteiger partial charge on any atom is -0.497 e. The Labute approximate surface area is 179 Å². The lowest BCUT2D eigenvalue weighted by Crippen LogP contribution is -2.33. The van der Waals surface area contributed by atoms with Crippen molar-refractivity contribution >= 4 is 5.91 Å². The number of methoxy groups -OCH3 is 1. The molecule has 3 aromatic carbocycles. The van der Waals surface area contributed by atoms with Crippen molar-refractivity contribution in [3.05, 3.63) is 96.3 Å². The molecule has 0 aliphatic carbocycles. The number of carbonyl (C=O) groups is 1. The standard InChI is InChI=1S/C23H21N5O3/c1-30-20-11-7-18(8-12-20)23(17-5-3-2-4-6-17)25-22(29)15-31-21-13-9-19(10-14-21)28-16-24-26-27-28/h2-14,16,23H,15H2,1H3,(H,25,29). The van der Waals surface area contributed by atoms with Gasteiger partial charge < -0.3 is 14.8 Å². The number of ether oxygens (including phenoxy) is 2. The van der Waals surface area contributed by atoms with Crippen LogP contribution in [0.15, 0.2) is 85.2 Å². The number of carbonyl (C=O) groups excluding carboxylic acids is 1. The molecule has 1 heterocycles. The third-order valence-corrected chi connectivity index (χ3v) is 4.71. The fraction of sp³-hybridized carbons (Fsp3) is 0.130. The van der Waals surface area contributed by atoms with Crippen molar-refractivity contribution in [1.82, 2.24) is 25.5 Å². The van der Waals surface area contributed by atoms with Gasteiger partial charge in [0.2, 0.25) is 0 Å². The molecule has 0 aliphatic heterocycles. The minimum absolute atomic E-state index is 0.107. The highest BCUT2D eigenvalue weighted by Gasteiger charge is 2.17. The normalized spacial score (nSPS) is 11.5. The van der Waals surface area contributed by atoms with Crippen LogP contribution >= 0.6 is 0 Å². The number of benzene rings is 3. The summed E-state index contributed by atoms with van der Waals surface area (Å²) in [5, 5.41) is 14.1. The van der Waals surface area contributed by atoms with Crippen LogP contribution in [0.2, 0.25) is 0 Å². The van der Waals surface area contributed by atoms with Gasteiger partial charge in [0.05, 0.1) is 18.8 Å². The van der Waals surface area contributed by atoms with Crippen LogP contribution in [-0.2, 0) is 4.79 Å². The topological polar surface area (TPSA) is 91.2 Å². The summed E-state index contributed by atoms with van der Waals surface area (Å²) in [5.41, 5.74) is 2.73. The molecule has 0 aliphatic rings. The largest absolute Gasteiger partial charge is 0.497 e. The highest BCUT2D eigenvalue weighted by molar-refractivity contribution is 5.78. The summed E-state index contributed by atoms with van der Waals surface area (Å²) in [6.07, 6.45) is 1.51. The Hall–Kier alpha value is -4.20. The van der Waals surface area contributed by atoms with E-state index in [2.05, 4.69) is 20.8 Å². The fourth-order valence-electron chi connectivity index (χ4n) is 3.13. The van der Waals surface area contributed by atoms with Crippen LogP contribution in [0.3, 0.4) is 0 Å². The Bertz CT molecular complexity index is 1100. The summed E-state index contributed by atoms with van der Waals surface area (Å²) in [6, 6.07) is 24.3. The Balaban J connectivity index is 1.42. The second-order valence-corrected chi connectivity index (χ2v) is 6.72. The van der Waals surface area contributed by atoms with Gasteiger partial charge in [-0.25, -0.2) is 4.68 Å². The van der Waals surface area contributed by atoms with Crippen molar-refractivity contribution in [2.45, 2.75) is 6.04 Å². The number of rotatable bonds is 8. The SMILES string of the molecule is COc1ccc(C(NC(=O)COc2ccc(-n3cnnn3)cc2)c2ccccc2)cc1. The van der Waals surface area contributed by atoms with Crippen LogP contribution in [0.4, 0.5) is 0 Å². The molecular weight excluding hydrogens is 394 g/mol. The van der Waals surface area contributed by atoms with E-state index in [1.54, 1.807) is 19.2 Å². The molecule has 0 saturated heterocycles. The van der Waals surface area contributed by atoms with Crippen molar-refractivity contribution in [1.29, 1.82) is 0 Å². The maximum atomic E-state index is 12.7. The van der Waals surface area contributed by atoms with Gasteiger partial charge in [0.1, 0.15) is 17.8 Å². The van der Waals surface area contributed by atoms with Crippen LogP contribution in [0.25, 0.3) is 5.69 Å². The number of nitrogens with zero attached hydrogens (tertiary/aromatic N) is 4. The molecule has 1 amide bonds. The lowest BCUT2D eigenvalue weighted by molar-refractivity contribution is -0.123. The molecule has 8 heteroatoms. The van der Waals surface area contributed by atoms with Crippen LogP contribution in [0.5, 0.6) is 11.5 Å². The summed E-state index contributed by atoms with van der Waals surface area (Å²) in [6.45, 7) is -0.107. The first-order valence-electron chi connectivity index (χ1n) is 9.67. The molecule has 31 heavy (non-hydrogen) atoms. The van der Waals surface area contributed by atoms with Gasteiger partial charge in [-0.3, -0.25) is 4.79 Å². The lowest BCUT2D eigenvalue weighted by Gasteiger charge is -2.20. The zero-order valence-electron chi connectivity index (χ0n) is 16.9. The Morgan fingerprint density at radius 3 is 2.26 bits per heavy atom. The lowest BCUT2D eigenvalue weighted by atomic mass is 9.98. The molecule has 1 atom stereocenters. The van der Waals surface area contributed by atoms with Crippen LogP contribution in [0.1, 0.15) is 17.2 Å². The van der Waals surface area contributed by atoms with Crippen molar-refractivity contribution in [2.24, 2.45) is 0 Å². The first kappa shape index (κ1) is 20.1. The van der Waals surface area contributed by atoms with Crippen molar-refractivity contribution in [2.75, 3.05) is 13.7 Å². The van der Waals surface area contributed by atoms with Gasteiger partial charge in [0.25, 0.3) is 5.91 Å². The molecule has 1 aromatic heterocycles. The number of nitrogens with one attached hydrogen (secondary N) is 1. The average molecular weight is 415 g/mol. The van der Waals surface area contributed by atoms with E-state index in [9.17, 15) is 4.79 Å². The molecule has 156 valence electrons. The number of aromatic nitrogens is 4. The molecule has 0 bridgehead atoms.